The van der Waals surface area contributed by atoms with Crippen LogP contribution >= 0.6 is 0 Å². The fraction of sp³-hybridized carbons (Fsp3) is 0.786. The first-order valence-corrected chi connectivity index (χ1v) is 7.58. The number of fused-ring (bicyclic) bond motifs is 1. The van der Waals surface area contributed by atoms with Crippen molar-refractivity contribution in [2.75, 3.05) is 6.61 Å². The number of carbonyl (C=O) groups is 1. The number of nitrogens with one attached hydrogen (secondary N) is 2. The first kappa shape index (κ1) is 15.8. The van der Waals surface area contributed by atoms with Gasteiger partial charge in [0, 0.05) is 6.54 Å². The Bertz CT molecular complexity index is 486. The molecule has 0 aliphatic carbocycles. The summed E-state index contributed by atoms with van der Waals surface area (Å²) in [5, 5.41) is 23.3. The molecule has 2 atom stereocenters. The minimum Gasteiger partial charge on any atom is -0.394 e. The maximum atomic E-state index is 12.1. The Hall–Kier alpha value is -1.63. The predicted molar refractivity (Wildman–Crippen MR) is 78.7 cm³/mol. The molecule has 2 amide bonds. The molecule has 21 heavy (non-hydrogen) atoms. The van der Waals surface area contributed by atoms with Crippen molar-refractivity contribution in [3.8, 4) is 0 Å². The number of aryl methyl sites for hydroxylation is 1. The molecule has 2 heterocycles. The van der Waals surface area contributed by atoms with E-state index in [9.17, 15) is 9.90 Å². The summed E-state index contributed by atoms with van der Waals surface area (Å²) in [5.41, 5.74) is 0. The van der Waals surface area contributed by atoms with E-state index in [1.54, 1.807) is 0 Å². The number of carbonyl (C=O) groups excluding carboxylic acids is 1. The summed E-state index contributed by atoms with van der Waals surface area (Å²) in [4.78, 5) is 12.1. The van der Waals surface area contributed by atoms with Gasteiger partial charge in [-0.25, -0.2) is 4.79 Å². The molecule has 0 aromatic carbocycles. The van der Waals surface area contributed by atoms with Gasteiger partial charge >= 0.3 is 6.03 Å². The third-order valence-electron chi connectivity index (χ3n) is 3.77. The molecule has 2 unspecified atom stereocenters. The lowest BCUT2D eigenvalue weighted by Crippen LogP contribution is -2.46. The predicted octanol–water partition coefficient (Wildman–Crippen LogP) is 1.13. The number of rotatable bonds is 5. The molecule has 0 fully saturated rings. The molecule has 1 aliphatic heterocycles. The van der Waals surface area contributed by atoms with E-state index < -0.39 is 0 Å². The van der Waals surface area contributed by atoms with Gasteiger partial charge in [-0.05, 0) is 32.1 Å². The lowest BCUT2D eigenvalue weighted by Gasteiger charge is -2.25. The van der Waals surface area contributed by atoms with Crippen molar-refractivity contribution in [2.24, 2.45) is 5.92 Å². The number of nitrogens with zero attached hydrogens (tertiary/aromatic N) is 3. The van der Waals surface area contributed by atoms with Crippen LogP contribution in [0.2, 0.25) is 0 Å². The summed E-state index contributed by atoms with van der Waals surface area (Å²) in [6, 6.07) is -0.583. The van der Waals surface area contributed by atoms with Crippen molar-refractivity contribution in [1.82, 2.24) is 25.4 Å². The number of aromatic nitrogens is 3. The third-order valence-corrected chi connectivity index (χ3v) is 3.77. The molecular weight excluding hydrogens is 270 g/mol. The van der Waals surface area contributed by atoms with Gasteiger partial charge in [0.25, 0.3) is 0 Å². The van der Waals surface area contributed by atoms with Gasteiger partial charge in [0.15, 0.2) is 5.82 Å². The zero-order valence-corrected chi connectivity index (χ0v) is 13.0. The Balaban J connectivity index is 1.94. The van der Waals surface area contributed by atoms with Crippen molar-refractivity contribution in [1.29, 1.82) is 0 Å². The molecule has 7 heteroatoms. The number of amides is 2. The zero-order chi connectivity index (χ0) is 15.4. The van der Waals surface area contributed by atoms with Crippen LogP contribution in [0.3, 0.4) is 0 Å². The Morgan fingerprint density at radius 1 is 1.48 bits per heavy atom. The van der Waals surface area contributed by atoms with Gasteiger partial charge in [0.2, 0.25) is 0 Å². The topological polar surface area (TPSA) is 92.1 Å². The Morgan fingerprint density at radius 2 is 2.24 bits per heavy atom. The summed E-state index contributed by atoms with van der Waals surface area (Å²) < 4.78 is 2.05. The molecular formula is C14H25N5O2. The standard InChI is InChI=1S/C14H25N5O2/c1-9(2)7-11(8-20)15-14(21)16-12-5-4-6-19-10(3)17-18-13(12)19/h9,11-12,20H,4-8H2,1-3H3,(H2,15,16,21). The lowest BCUT2D eigenvalue weighted by atomic mass is 10.0. The largest absolute Gasteiger partial charge is 0.394 e. The highest BCUT2D eigenvalue weighted by atomic mass is 16.3. The normalized spacial score (nSPS) is 19.2. The molecule has 0 saturated carbocycles. The quantitative estimate of drug-likeness (QED) is 0.759. The highest BCUT2D eigenvalue weighted by molar-refractivity contribution is 5.74. The molecule has 1 aromatic rings. The summed E-state index contributed by atoms with van der Waals surface area (Å²) >= 11 is 0. The fourth-order valence-electron chi connectivity index (χ4n) is 2.78. The summed E-state index contributed by atoms with van der Waals surface area (Å²) in [6.07, 6.45) is 2.61. The molecule has 0 saturated heterocycles. The van der Waals surface area contributed by atoms with Crippen LogP contribution in [0.25, 0.3) is 0 Å². The number of aliphatic hydroxyl groups excluding tert-OH is 1. The SMILES string of the molecule is Cc1nnc2n1CCCC2NC(=O)NC(CO)CC(C)C. The molecule has 7 nitrogen and oxygen atoms in total. The third kappa shape index (κ3) is 3.93. The minimum atomic E-state index is -0.256. The molecule has 118 valence electrons. The van der Waals surface area contributed by atoms with Crippen LogP contribution in [0.5, 0.6) is 0 Å². The van der Waals surface area contributed by atoms with E-state index in [4.69, 9.17) is 0 Å². The molecule has 0 spiro atoms. The second-order valence-electron chi connectivity index (χ2n) is 6.08. The van der Waals surface area contributed by atoms with Crippen molar-refractivity contribution >= 4 is 6.03 Å². The van der Waals surface area contributed by atoms with E-state index in [-0.39, 0.29) is 24.7 Å². The smallest absolute Gasteiger partial charge is 0.315 e. The fourth-order valence-corrected chi connectivity index (χ4v) is 2.78. The van der Waals surface area contributed by atoms with Crippen LogP contribution in [0.15, 0.2) is 0 Å². The summed E-state index contributed by atoms with van der Waals surface area (Å²) in [6.45, 7) is 6.90. The van der Waals surface area contributed by atoms with Gasteiger partial charge in [-0.3, -0.25) is 0 Å². The number of urea groups is 1. The maximum absolute atomic E-state index is 12.1. The monoisotopic (exact) mass is 295 g/mol. The Labute approximate surface area is 125 Å². The molecule has 0 radical (unpaired) electrons. The highest BCUT2D eigenvalue weighted by Gasteiger charge is 2.26. The van der Waals surface area contributed by atoms with E-state index >= 15 is 0 Å². The van der Waals surface area contributed by atoms with E-state index in [0.29, 0.717) is 5.92 Å². The van der Waals surface area contributed by atoms with Crippen LogP contribution in [0.4, 0.5) is 4.79 Å². The second-order valence-corrected chi connectivity index (χ2v) is 6.08. The van der Waals surface area contributed by atoms with Crippen LogP contribution in [0.1, 0.15) is 50.8 Å². The van der Waals surface area contributed by atoms with Crippen LogP contribution < -0.4 is 10.6 Å². The molecule has 0 bridgehead atoms. The Kier molecular flexibility index (Phi) is 5.17. The number of aliphatic hydroxyl groups is 1. The van der Waals surface area contributed by atoms with E-state index in [0.717, 1.165) is 37.5 Å². The maximum Gasteiger partial charge on any atom is 0.315 e. The summed E-state index contributed by atoms with van der Waals surface area (Å²) in [7, 11) is 0. The van der Waals surface area contributed by atoms with Crippen LogP contribution in [-0.4, -0.2) is 38.6 Å². The molecule has 3 N–H and O–H groups in total. The zero-order valence-electron chi connectivity index (χ0n) is 13.0. The average molecular weight is 295 g/mol. The Morgan fingerprint density at radius 3 is 2.90 bits per heavy atom. The van der Waals surface area contributed by atoms with Gasteiger partial charge in [0.1, 0.15) is 5.82 Å². The van der Waals surface area contributed by atoms with Crippen molar-refractivity contribution < 1.29 is 9.90 Å². The summed E-state index contributed by atoms with van der Waals surface area (Å²) in [5.74, 6) is 2.12. The van der Waals surface area contributed by atoms with Gasteiger partial charge in [-0.2, -0.15) is 0 Å². The molecule has 1 aliphatic rings. The molecule has 2 rings (SSSR count). The van der Waals surface area contributed by atoms with Crippen molar-refractivity contribution in [3.05, 3.63) is 11.6 Å². The van der Waals surface area contributed by atoms with Crippen LogP contribution in [-0.2, 0) is 6.54 Å². The number of hydrogen-bond donors (Lipinski definition) is 3. The van der Waals surface area contributed by atoms with E-state index in [2.05, 4.69) is 34.7 Å². The minimum absolute atomic E-state index is 0.0500. The van der Waals surface area contributed by atoms with Crippen LogP contribution in [0, 0.1) is 12.8 Å². The van der Waals surface area contributed by atoms with Gasteiger partial charge in [-0.15, -0.1) is 10.2 Å². The first-order chi connectivity index (χ1) is 10.0. The van der Waals surface area contributed by atoms with Crippen molar-refractivity contribution in [2.45, 2.75) is 58.7 Å². The number of hydrogen-bond acceptors (Lipinski definition) is 4. The first-order valence-electron chi connectivity index (χ1n) is 7.58. The molecule has 1 aromatic heterocycles. The lowest BCUT2D eigenvalue weighted by molar-refractivity contribution is 0.202. The van der Waals surface area contributed by atoms with Gasteiger partial charge in [0.05, 0.1) is 18.7 Å². The van der Waals surface area contributed by atoms with Gasteiger partial charge in [-0.1, -0.05) is 13.8 Å². The highest BCUT2D eigenvalue weighted by Crippen LogP contribution is 2.23. The van der Waals surface area contributed by atoms with Gasteiger partial charge < -0.3 is 20.3 Å². The average Bonchev–Trinajstić information content (AvgIpc) is 2.80. The van der Waals surface area contributed by atoms with E-state index in [1.165, 1.54) is 0 Å². The second kappa shape index (κ2) is 6.89. The van der Waals surface area contributed by atoms with Crippen molar-refractivity contribution in [3.63, 3.8) is 0 Å². The van der Waals surface area contributed by atoms with E-state index in [1.807, 2.05) is 11.5 Å².